The number of nitrogens with one attached hydrogen (secondary N) is 1. The lowest BCUT2D eigenvalue weighted by Crippen LogP contribution is -2.11. The largest absolute Gasteiger partial charge is 0.296 e. The van der Waals surface area contributed by atoms with Crippen LogP contribution < -0.4 is 5.32 Å². The molecule has 1 aliphatic carbocycles. The smallest absolute Gasteiger partial charge is 0.257 e. The summed E-state index contributed by atoms with van der Waals surface area (Å²) >= 11 is 1.45. The van der Waals surface area contributed by atoms with E-state index in [0.29, 0.717) is 22.2 Å². The van der Waals surface area contributed by atoms with Gasteiger partial charge in [-0.3, -0.25) is 10.1 Å². The van der Waals surface area contributed by atoms with Crippen molar-refractivity contribution in [3.8, 4) is 6.07 Å². The molecule has 3 rings (SSSR count). The number of nitrogens with zero attached hydrogens (tertiary/aromatic N) is 3. The Labute approximate surface area is 133 Å². The summed E-state index contributed by atoms with van der Waals surface area (Å²) in [6.07, 6.45) is 6.10. The normalized spacial score (nSPS) is 15.2. The fraction of sp³-hybridized carbons (Fsp3) is 0.375. The predicted molar refractivity (Wildman–Crippen MR) is 84.8 cm³/mol. The van der Waals surface area contributed by atoms with Crippen molar-refractivity contribution < 1.29 is 4.79 Å². The fourth-order valence-electron chi connectivity index (χ4n) is 2.70. The Morgan fingerprint density at radius 2 is 2.09 bits per heavy atom. The van der Waals surface area contributed by atoms with Gasteiger partial charge >= 0.3 is 0 Å². The molecule has 0 spiro atoms. The Morgan fingerprint density at radius 1 is 1.27 bits per heavy atom. The molecule has 5 nitrogen and oxygen atoms in total. The topological polar surface area (TPSA) is 78.7 Å². The Morgan fingerprint density at radius 3 is 2.86 bits per heavy atom. The number of aromatic nitrogens is 2. The standard InChI is InChI=1S/C16H16N4OS/c17-10-11-5-4-8-13(9-11)14(21)18-16-20-19-15(22-16)12-6-2-1-3-7-12/h4-5,8-9,12H,1-3,6-7H2,(H,18,20,21). The molecule has 1 aromatic carbocycles. The summed E-state index contributed by atoms with van der Waals surface area (Å²) in [5.74, 6) is 0.224. The second kappa shape index (κ2) is 6.67. The van der Waals surface area contributed by atoms with Gasteiger partial charge in [-0.05, 0) is 31.0 Å². The van der Waals surface area contributed by atoms with Gasteiger partial charge in [0.25, 0.3) is 5.91 Å². The molecule has 1 aromatic heterocycles. The lowest BCUT2D eigenvalue weighted by atomic mass is 9.90. The van der Waals surface area contributed by atoms with E-state index in [-0.39, 0.29) is 5.91 Å². The zero-order valence-corrected chi connectivity index (χ0v) is 12.9. The maximum absolute atomic E-state index is 12.2. The third kappa shape index (κ3) is 3.31. The Balaban J connectivity index is 1.69. The van der Waals surface area contributed by atoms with Gasteiger partial charge in [-0.1, -0.05) is 36.7 Å². The molecule has 0 unspecified atom stereocenters. The second-order valence-corrected chi connectivity index (χ2v) is 6.44. The first-order valence-electron chi connectivity index (χ1n) is 7.41. The molecule has 0 radical (unpaired) electrons. The molecule has 1 amide bonds. The van der Waals surface area contributed by atoms with E-state index >= 15 is 0 Å². The maximum Gasteiger partial charge on any atom is 0.257 e. The molecule has 1 heterocycles. The summed E-state index contributed by atoms with van der Waals surface area (Å²) < 4.78 is 0. The van der Waals surface area contributed by atoms with Gasteiger partial charge in [0, 0.05) is 11.5 Å². The quantitative estimate of drug-likeness (QED) is 0.937. The molecule has 0 atom stereocenters. The van der Waals surface area contributed by atoms with Crippen LogP contribution >= 0.6 is 11.3 Å². The molecule has 2 aromatic rings. The molecular weight excluding hydrogens is 296 g/mol. The summed E-state index contributed by atoms with van der Waals surface area (Å²) in [5, 5.41) is 21.5. The Kier molecular flexibility index (Phi) is 4.45. The molecule has 1 fully saturated rings. The van der Waals surface area contributed by atoms with Crippen LogP contribution in [0.5, 0.6) is 0 Å². The van der Waals surface area contributed by atoms with Crippen LogP contribution in [0.15, 0.2) is 24.3 Å². The van der Waals surface area contributed by atoms with E-state index in [1.54, 1.807) is 24.3 Å². The van der Waals surface area contributed by atoms with Gasteiger partial charge in [-0.25, -0.2) is 0 Å². The average molecular weight is 312 g/mol. The summed E-state index contributed by atoms with van der Waals surface area (Å²) in [7, 11) is 0. The van der Waals surface area contributed by atoms with E-state index < -0.39 is 0 Å². The highest BCUT2D eigenvalue weighted by Crippen LogP contribution is 2.35. The first-order valence-corrected chi connectivity index (χ1v) is 8.23. The highest BCUT2D eigenvalue weighted by Gasteiger charge is 2.20. The van der Waals surface area contributed by atoms with Crippen LogP contribution in [0, 0.1) is 11.3 Å². The van der Waals surface area contributed by atoms with Gasteiger partial charge < -0.3 is 0 Å². The van der Waals surface area contributed by atoms with Crippen molar-refractivity contribution in [1.29, 1.82) is 5.26 Å². The van der Waals surface area contributed by atoms with E-state index in [1.165, 1.54) is 30.6 Å². The number of carbonyl (C=O) groups is 1. The van der Waals surface area contributed by atoms with Crippen molar-refractivity contribution in [2.45, 2.75) is 38.0 Å². The van der Waals surface area contributed by atoms with E-state index in [4.69, 9.17) is 5.26 Å². The first kappa shape index (κ1) is 14.7. The monoisotopic (exact) mass is 312 g/mol. The number of carbonyl (C=O) groups excluding carboxylic acids is 1. The minimum atomic E-state index is -0.261. The number of hydrogen-bond donors (Lipinski definition) is 1. The van der Waals surface area contributed by atoms with Crippen molar-refractivity contribution in [2.75, 3.05) is 5.32 Å². The highest BCUT2D eigenvalue weighted by atomic mass is 32.1. The molecule has 22 heavy (non-hydrogen) atoms. The van der Waals surface area contributed by atoms with Crippen LogP contribution in [0.3, 0.4) is 0 Å². The molecule has 6 heteroatoms. The fourth-order valence-corrected chi connectivity index (χ4v) is 3.61. The van der Waals surface area contributed by atoms with Crippen molar-refractivity contribution in [1.82, 2.24) is 10.2 Å². The van der Waals surface area contributed by atoms with E-state index in [9.17, 15) is 4.79 Å². The molecule has 112 valence electrons. The van der Waals surface area contributed by atoms with Gasteiger partial charge in [0.05, 0.1) is 11.6 Å². The third-order valence-corrected chi connectivity index (χ3v) is 4.87. The zero-order valence-electron chi connectivity index (χ0n) is 12.1. The van der Waals surface area contributed by atoms with Gasteiger partial charge in [-0.15, -0.1) is 10.2 Å². The lowest BCUT2D eigenvalue weighted by molar-refractivity contribution is 0.102. The van der Waals surface area contributed by atoms with Gasteiger partial charge in [0.15, 0.2) is 0 Å². The van der Waals surface area contributed by atoms with Crippen LogP contribution in [0.2, 0.25) is 0 Å². The van der Waals surface area contributed by atoms with Crippen molar-refractivity contribution >= 4 is 22.4 Å². The van der Waals surface area contributed by atoms with E-state index in [2.05, 4.69) is 15.5 Å². The number of anilines is 1. The number of rotatable bonds is 3. The molecule has 0 aliphatic heterocycles. The molecule has 0 saturated heterocycles. The van der Waals surface area contributed by atoms with Gasteiger partial charge in [-0.2, -0.15) is 5.26 Å². The van der Waals surface area contributed by atoms with Crippen LogP contribution in [-0.4, -0.2) is 16.1 Å². The molecule has 1 N–H and O–H groups in total. The molecular formula is C16H16N4OS. The van der Waals surface area contributed by atoms with Crippen molar-refractivity contribution in [2.24, 2.45) is 0 Å². The van der Waals surface area contributed by atoms with Crippen LogP contribution in [0.25, 0.3) is 0 Å². The predicted octanol–water partition coefficient (Wildman–Crippen LogP) is 3.71. The van der Waals surface area contributed by atoms with E-state index in [0.717, 1.165) is 17.8 Å². The van der Waals surface area contributed by atoms with Crippen LogP contribution in [0.4, 0.5) is 5.13 Å². The summed E-state index contributed by atoms with van der Waals surface area (Å²) in [5.41, 5.74) is 0.918. The molecule has 0 bridgehead atoms. The van der Waals surface area contributed by atoms with Gasteiger partial charge in [0.1, 0.15) is 5.01 Å². The zero-order chi connectivity index (χ0) is 15.4. The highest BCUT2D eigenvalue weighted by molar-refractivity contribution is 7.15. The minimum Gasteiger partial charge on any atom is -0.296 e. The second-order valence-electron chi connectivity index (χ2n) is 5.43. The van der Waals surface area contributed by atoms with Crippen molar-refractivity contribution in [3.63, 3.8) is 0 Å². The summed E-state index contributed by atoms with van der Waals surface area (Å²) in [6.45, 7) is 0. The Hall–Kier alpha value is -2.26. The van der Waals surface area contributed by atoms with Gasteiger partial charge in [0.2, 0.25) is 5.13 Å². The summed E-state index contributed by atoms with van der Waals surface area (Å²) in [4.78, 5) is 12.2. The maximum atomic E-state index is 12.2. The van der Waals surface area contributed by atoms with Crippen LogP contribution in [0.1, 0.15) is 59.0 Å². The summed E-state index contributed by atoms with van der Waals surface area (Å²) in [6, 6.07) is 8.64. The third-order valence-electron chi connectivity index (χ3n) is 3.87. The number of hydrogen-bond acceptors (Lipinski definition) is 5. The minimum absolute atomic E-state index is 0.261. The SMILES string of the molecule is N#Cc1cccc(C(=O)Nc2nnc(C3CCCCC3)s2)c1. The molecule has 1 aliphatic rings. The van der Waals surface area contributed by atoms with Crippen LogP contribution in [-0.2, 0) is 0 Å². The number of benzene rings is 1. The van der Waals surface area contributed by atoms with Crippen molar-refractivity contribution in [3.05, 3.63) is 40.4 Å². The number of nitriles is 1. The lowest BCUT2D eigenvalue weighted by Gasteiger charge is -2.18. The average Bonchev–Trinajstić information content (AvgIpc) is 3.04. The number of amides is 1. The Bertz CT molecular complexity index is 713. The molecule has 1 saturated carbocycles. The first-order chi connectivity index (χ1) is 10.8. The van der Waals surface area contributed by atoms with E-state index in [1.807, 2.05) is 6.07 Å².